The zero-order valence-electron chi connectivity index (χ0n) is 15.3. The van der Waals surface area contributed by atoms with Gasteiger partial charge in [0.25, 0.3) is 5.91 Å². The van der Waals surface area contributed by atoms with Crippen molar-refractivity contribution in [3.8, 4) is 0 Å². The number of benzene rings is 2. The van der Waals surface area contributed by atoms with Crippen LogP contribution in [0.15, 0.2) is 53.8 Å². The van der Waals surface area contributed by atoms with Crippen molar-refractivity contribution >= 4 is 40.6 Å². The molecular formula is C20H14Cl2F2N4O2. The molecule has 0 aliphatic carbocycles. The first kappa shape index (κ1) is 20.3. The second-order valence-electron chi connectivity index (χ2n) is 6.52. The summed E-state index contributed by atoms with van der Waals surface area (Å²) in [6, 6.07) is 10.2. The summed E-state index contributed by atoms with van der Waals surface area (Å²) in [7, 11) is 0. The number of rotatable bonds is 5. The van der Waals surface area contributed by atoms with Gasteiger partial charge in [-0.05, 0) is 24.3 Å². The third kappa shape index (κ3) is 4.15. The van der Waals surface area contributed by atoms with Crippen molar-refractivity contribution in [3.05, 3.63) is 81.5 Å². The molecule has 1 unspecified atom stereocenters. The molecule has 1 amide bonds. The molecule has 0 fully saturated rings. The Kier molecular flexibility index (Phi) is 5.69. The molecule has 4 rings (SSSR count). The van der Waals surface area contributed by atoms with Crippen molar-refractivity contribution < 1.29 is 18.4 Å². The summed E-state index contributed by atoms with van der Waals surface area (Å²) in [6.07, 6.45) is 0.675. The Labute approximate surface area is 180 Å². The number of carbonyl (C=O) groups excluding carboxylic acids is 1. The summed E-state index contributed by atoms with van der Waals surface area (Å²) in [5.74, 6) is -1.25. The van der Waals surface area contributed by atoms with Crippen LogP contribution in [-0.4, -0.2) is 27.5 Å². The molecule has 1 aliphatic heterocycles. The Morgan fingerprint density at radius 3 is 2.60 bits per heavy atom. The third-order valence-corrected chi connectivity index (χ3v) is 5.16. The molecule has 0 spiro atoms. The summed E-state index contributed by atoms with van der Waals surface area (Å²) in [6.45, 7) is 0.0976. The Morgan fingerprint density at radius 1 is 1.13 bits per heavy atom. The van der Waals surface area contributed by atoms with E-state index in [1.807, 2.05) is 0 Å². The smallest absolute Gasteiger partial charge is 0.269 e. The summed E-state index contributed by atoms with van der Waals surface area (Å²) >= 11 is 12.1. The molecule has 2 aromatic carbocycles. The predicted octanol–water partition coefficient (Wildman–Crippen LogP) is 4.65. The molecule has 0 bridgehead atoms. The van der Waals surface area contributed by atoms with Crippen LogP contribution in [0.2, 0.25) is 10.0 Å². The maximum absolute atomic E-state index is 14.0. The number of amides is 1. The number of nitrogens with one attached hydrogen (secondary N) is 1. The van der Waals surface area contributed by atoms with Crippen LogP contribution in [0, 0.1) is 11.6 Å². The molecule has 0 saturated heterocycles. The van der Waals surface area contributed by atoms with Gasteiger partial charge >= 0.3 is 0 Å². The quantitative estimate of drug-likeness (QED) is 0.614. The highest BCUT2D eigenvalue weighted by molar-refractivity contribution is 6.34. The molecule has 2 heterocycles. The van der Waals surface area contributed by atoms with Crippen LogP contribution in [0.1, 0.15) is 17.5 Å². The molecule has 10 heteroatoms. The van der Waals surface area contributed by atoms with E-state index in [2.05, 4.69) is 15.6 Å². The monoisotopic (exact) mass is 450 g/mol. The Balaban J connectivity index is 1.40. The highest BCUT2D eigenvalue weighted by atomic mass is 35.5. The van der Waals surface area contributed by atoms with Gasteiger partial charge in [0.1, 0.15) is 11.6 Å². The predicted molar refractivity (Wildman–Crippen MR) is 109 cm³/mol. The minimum atomic E-state index is -0.957. The Morgan fingerprint density at radius 2 is 1.87 bits per heavy atom. The SMILES string of the molecule is O=C(Nc1ccn(Cc2c(F)cccc2Cl)n1)C1CC(c2c(F)cccc2Cl)=NO1. The fourth-order valence-electron chi connectivity index (χ4n) is 3.01. The number of anilines is 1. The largest absolute Gasteiger partial charge is 0.382 e. The van der Waals surface area contributed by atoms with Gasteiger partial charge in [-0.3, -0.25) is 9.48 Å². The van der Waals surface area contributed by atoms with Crippen molar-refractivity contribution in [1.29, 1.82) is 0 Å². The lowest BCUT2D eigenvalue weighted by molar-refractivity contribution is -0.125. The minimum Gasteiger partial charge on any atom is -0.382 e. The van der Waals surface area contributed by atoms with Crippen LogP contribution < -0.4 is 5.32 Å². The Bertz CT molecular complexity index is 1110. The van der Waals surface area contributed by atoms with Crippen LogP contribution in [0.3, 0.4) is 0 Å². The number of carbonyl (C=O) groups is 1. The fraction of sp³-hybridized carbons (Fsp3) is 0.150. The Hall–Kier alpha value is -2.97. The van der Waals surface area contributed by atoms with Crippen molar-refractivity contribution in [2.75, 3.05) is 5.32 Å². The number of oxime groups is 1. The van der Waals surface area contributed by atoms with Gasteiger partial charge in [-0.15, -0.1) is 0 Å². The lowest BCUT2D eigenvalue weighted by Gasteiger charge is -2.08. The van der Waals surface area contributed by atoms with E-state index in [0.717, 1.165) is 0 Å². The molecule has 0 radical (unpaired) electrons. The molecule has 3 aromatic rings. The lowest BCUT2D eigenvalue weighted by Crippen LogP contribution is -2.28. The van der Waals surface area contributed by atoms with Gasteiger partial charge < -0.3 is 10.2 Å². The van der Waals surface area contributed by atoms with E-state index in [1.54, 1.807) is 18.3 Å². The van der Waals surface area contributed by atoms with E-state index in [-0.39, 0.29) is 40.1 Å². The van der Waals surface area contributed by atoms with Crippen LogP contribution in [0.5, 0.6) is 0 Å². The van der Waals surface area contributed by atoms with E-state index in [9.17, 15) is 13.6 Å². The van der Waals surface area contributed by atoms with E-state index >= 15 is 0 Å². The van der Waals surface area contributed by atoms with E-state index < -0.39 is 23.6 Å². The second kappa shape index (κ2) is 8.41. The van der Waals surface area contributed by atoms with Crippen LogP contribution in [0.4, 0.5) is 14.6 Å². The summed E-state index contributed by atoms with van der Waals surface area (Å²) in [4.78, 5) is 17.6. The summed E-state index contributed by atoms with van der Waals surface area (Å²) in [5, 5.41) is 11.1. The molecule has 1 aromatic heterocycles. The van der Waals surface area contributed by atoms with Crippen molar-refractivity contribution in [3.63, 3.8) is 0 Å². The van der Waals surface area contributed by atoms with Gasteiger partial charge in [-0.25, -0.2) is 8.78 Å². The number of hydrogen-bond acceptors (Lipinski definition) is 4. The fourth-order valence-corrected chi connectivity index (χ4v) is 3.50. The van der Waals surface area contributed by atoms with E-state index in [0.29, 0.717) is 5.56 Å². The normalized spacial score (nSPS) is 15.6. The van der Waals surface area contributed by atoms with Gasteiger partial charge in [0.2, 0.25) is 6.10 Å². The van der Waals surface area contributed by atoms with Crippen LogP contribution in [0.25, 0.3) is 0 Å². The standard InChI is InChI=1S/C20H14Cl2F2N4O2/c21-12-3-1-5-14(23)11(12)10-28-8-7-18(26-28)25-20(29)17-9-16(27-30-17)19-13(22)4-2-6-15(19)24/h1-8,17H,9-10H2,(H,25,26,29). The molecule has 0 saturated carbocycles. The van der Waals surface area contributed by atoms with Crippen LogP contribution >= 0.6 is 23.2 Å². The first-order chi connectivity index (χ1) is 14.4. The molecule has 30 heavy (non-hydrogen) atoms. The van der Waals surface area contributed by atoms with Gasteiger partial charge in [0, 0.05) is 29.3 Å². The average molecular weight is 451 g/mol. The first-order valence-corrected chi connectivity index (χ1v) is 9.62. The number of halogens is 4. The van der Waals surface area contributed by atoms with E-state index in [4.69, 9.17) is 28.0 Å². The van der Waals surface area contributed by atoms with E-state index in [1.165, 1.54) is 35.0 Å². The molecule has 1 N–H and O–H groups in total. The zero-order valence-corrected chi connectivity index (χ0v) is 16.8. The number of hydrogen-bond donors (Lipinski definition) is 1. The summed E-state index contributed by atoms with van der Waals surface area (Å²) < 4.78 is 29.4. The second-order valence-corrected chi connectivity index (χ2v) is 7.34. The molecular weight excluding hydrogens is 437 g/mol. The highest BCUT2D eigenvalue weighted by Crippen LogP contribution is 2.26. The lowest BCUT2D eigenvalue weighted by atomic mass is 10.0. The van der Waals surface area contributed by atoms with Gasteiger partial charge in [0.05, 0.1) is 22.8 Å². The van der Waals surface area contributed by atoms with Gasteiger partial charge in [-0.2, -0.15) is 5.10 Å². The van der Waals surface area contributed by atoms with Crippen LogP contribution in [-0.2, 0) is 16.2 Å². The maximum atomic E-state index is 14.0. The highest BCUT2D eigenvalue weighted by Gasteiger charge is 2.31. The van der Waals surface area contributed by atoms with Gasteiger partial charge in [-0.1, -0.05) is 40.5 Å². The topological polar surface area (TPSA) is 68.5 Å². The first-order valence-electron chi connectivity index (χ1n) is 8.86. The number of aromatic nitrogens is 2. The molecule has 1 atom stereocenters. The maximum Gasteiger partial charge on any atom is 0.269 e. The molecule has 1 aliphatic rings. The zero-order chi connectivity index (χ0) is 21.3. The van der Waals surface area contributed by atoms with Crippen molar-refractivity contribution in [2.45, 2.75) is 19.1 Å². The minimum absolute atomic E-state index is 0.0536. The third-order valence-electron chi connectivity index (χ3n) is 4.49. The molecule has 6 nitrogen and oxygen atoms in total. The number of nitrogens with zero attached hydrogens (tertiary/aromatic N) is 3. The molecule has 154 valence electrons. The van der Waals surface area contributed by atoms with Crippen molar-refractivity contribution in [1.82, 2.24) is 9.78 Å². The van der Waals surface area contributed by atoms with Crippen molar-refractivity contribution in [2.24, 2.45) is 5.16 Å². The average Bonchev–Trinajstić information content (AvgIpc) is 3.35. The van der Waals surface area contributed by atoms with Gasteiger partial charge in [0.15, 0.2) is 5.82 Å². The summed E-state index contributed by atoms with van der Waals surface area (Å²) in [5.41, 5.74) is 0.651.